The van der Waals surface area contributed by atoms with Crippen LogP contribution in [0.25, 0.3) is 0 Å². The Balaban J connectivity index is 2.37. The molecule has 0 bridgehead atoms. The summed E-state index contributed by atoms with van der Waals surface area (Å²) >= 11 is 5.87. The van der Waals surface area contributed by atoms with Crippen molar-refractivity contribution in [2.24, 2.45) is 0 Å². The third-order valence-electron chi connectivity index (χ3n) is 3.20. The van der Waals surface area contributed by atoms with Crippen LogP contribution in [0.3, 0.4) is 0 Å². The number of nitro benzene ring substituents is 1. The molecule has 0 unspecified atom stereocenters. The van der Waals surface area contributed by atoms with Gasteiger partial charge in [0.2, 0.25) is 0 Å². The summed E-state index contributed by atoms with van der Waals surface area (Å²) < 4.78 is 0. The Morgan fingerprint density at radius 2 is 2.15 bits per heavy atom. The molecule has 1 heterocycles. The predicted molar refractivity (Wildman–Crippen MR) is 69.8 cm³/mol. The molecule has 0 aromatic heterocycles. The molecule has 1 fully saturated rings. The summed E-state index contributed by atoms with van der Waals surface area (Å²) in [7, 11) is 0. The normalized spacial score (nSPS) is 18.1. The number of carbonyl (C=O) groups is 2. The SMILES string of the molecule is O=C(O)[C@@H]1CCCN1C(=O)c1cccc([N+](=O)[O-])c1Cl. The van der Waals surface area contributed by atoms with Gasteiger partial charge in [-0.25, -0.2) is 4.79 Å². The van der Waals surface area contributed by atoms with Crippen molar-refractivity contribution in [1.29, 1.82) is 0 Å². The summed E-state index contributed by atoms with van der Waals surface area (Å²) in [5.41, 5.74) is -0.419. The van der Waals surface area contributed by atoms with E-state index in [1.807, 2.05) is 0 Å². The lowest BCUT2D eigenvalue weighted by molar-refractivity contribution is -0.384. The monoisotopic (exact) mass is 298 g/mol. The van der Waals surface area contributed by atoms with Gasteiger partial charge < -0.3 is 10.0 Å². The summed E-state index contributed by atoms with van der Waals surface area (Å²) in [4.78, 5) is 34.7. The van der Waals surface area contributed by atoms with E-state index in [9.17, 15) is 19.7 Å². The fourth-order valence-electron chi connectivity index (χ4n) is 2.25. The predicted octanol–water partition coefficient (Wildman–Crippen LogP) is 1.94. The molecule has 20 heavy (non-hydrogen) atoms. The van der Waals surface area contributed by atoms with Crippen LogP contribution in [0.5, 0.6) is 0 Å². The lowest BCUT2D eigenvalue weighted by atomic mass is 10.1. The second-order valence-electron chi connectivity index (χ2n) is 4.39. The lowest BCUT2D eigenvalue weighted by Crippen LogP contribution is -2.40. The minimum atomic E-state index is -1.09. The molecular weight excluding hydrogens is 288 g/mol. The van der Waals surface area contributed by atoms with E-state index >= 15 is 0 Å². The topological polar surface area (TPSA) is 101 Å². The molecule has 0 radical (unpaired) electrons. The van der Waals surface area contributed by atoms with Gasteiger partial charge >= 0.3 is 5.97 Å². The van der Waals surface area contributed by atoms with E-state index < -0.39 is 22.8 Å². The zero-order chi connectivity index (χ0) is 14.9. The van der Waals surface area contributed by atoms with Crippen molar-refractivity contribution >= 4 is 29.2 Å². The molecule has 1 aliphatic rings. The Labute approximate surface area is 118 Å². The number of hydrogen-bond donors (Lipinski definition) is 1. The van der Waals surface area contributed by atoms with Crippen LogP contribution in [0.1, 0.15) is 23.2 Å². The van der Waals surface area contributed by atoms with Gasteiger partial charge in [0.25, 0.3) is 11.6 Å². The first kappa shape index (κ1) is 14.3. The molecule has 1 atom stereocenters. The van der Waals surface area contributed by atoms with Crippen LogP contribution in [-0.2, 0) is 4.79 Å². The third-order valence-corrected chi connectivity index (χ3v) is 3.60. The first-order valence-corrected chi connectivity index (χ1v) is 6.28. The zero-order valence-electron chi connectivity index (χ0n) is 10.3. The van der Waals surface area contributed by atoms with Gasteiger partial charge in [0.15, 0.2) is 0 Å². The second-order valence-corrected chi connectivity index (χ2v) is 4.77. The molecule has 2 rings (SSSR count). The number of aliphatic carboxylic acids is 1. The Morgan fingerprint density at radius 1 is 1.45 bits per heavy atom. The van der Waals surface area contributed by atoms with Crippen molar-refractivity contribution in [1.82, 2.24) is 4.90 Å². The Kier molecular flexibility index (Phi) is 3.89. The highest BCUT2D eigenvalue weighted by Gasteiger charge is 2.35. The maximum atomic E-state index is 12.3. The van der Waals surface area contributed by atoms with Gasteiger partial charge in [0.05, 0.1) is 10.5 Å². The average Bonchev–Trinajstić information content (AvgIpc) is 2.87. The van der Waals surface area contributed by atoms with E-state index in [-0.39, 0.29) is 16.3 Å². The molecule has 1 aromatic rings. The van der Waals surface area contributed by atoms with Crippen molar-refractivity contribution in [3.8, 4) is 0 Å². The molecule has 0 aliphatic carbocycles. The largest absolute Gasteiger partial charge is 0.480 e. The van der Waals surface area contributed by atoms with Gasteiger partial charge in [-0.15, -0.1) is 0 Å². The first-order chi connectivity index (χ1) is 9.43. The number of amides is 1. The molecular formula is C12H11ClN2O5. The van der Waals surface area contributed by atoms with Crippen molar-refractivity contribution < 1.29 is 19.6 Å². The van der Waals surface area contributed by atoms with Crippen molar-refractivity contribution in [3.05, 3.63) is 38.9 Å². The van der Waals surface area contributed by atoms with E-state index in [1.165, 1.54) is 23.1 Å². The van der Waals surface area contributed by atoms with E-state index in [4.69, 9.17) is 16.7 Å². The highest BCUT2D eigenvalue weighted by molar-refractivity contribution is 6.35. The van der Waals surface area contributed by atoms with Gasteiger partial charge in [-0.2, -0.15) is 0 Å². The van der Waals surface area contributed by atoms with Crippen molar-refractivity contribution in [2.75, 3.05) is 6.54 Å². The highest BCUT2D eigenvalue weighted by Crippen LogP contribution is 2.30. The number of hydrogen-bond acceptors (Lipinski definition) is 4. The van der Waals surface area contributed by atoms with Gasteiger partial charge in [-0.1, -0.05) is 17.7 Å². The van der Waals surface area contributed by atoms with Crippen LogP contribution < -0.4 is 0 Å². The molecule has 0 saturated carbocycles. The summed E-state index contributed by atoms with van der Waals surface area (Å²) in [5, 5.41) is 19.6. The third kappa shape index (κ3) is 2.44. The molecule has 1 saturated heterocycles. The molecule has 1 amide bonds. The fourth-order valence-corrected chi connectivity index (χ4v) is 2.52. The standard InChI is InChI=1S/C12H11ClN2O5/c13-10-7(3-1-4-8(10)15(19)20)11(16)14-6-2-5-9(14)12(17)18/h1,3-4,9H,2,5-6H2,(H,17,18)/t9-/m0/s1. The molecule has 1 N–H and O–H groups in total. The van der Waals surface area contributed by atoms with Crippen LogP contribution in [0.15, 0.2) is 18.2 Å². The van der Waals surface area contributed by atoms with Crippen LogP contribution in [0.4, 0.5) is 5.69 Å². The maximum Gasteiger partial charge on any atom is 0.326 e. The second kappa shape index (κ2) is 5.46. The van der Waals surface area contributed by atoms with E-state index in [1.54, 1.807) is 0 Å². The molecule has 8 heteroatoms. The smallest absolute Gasteiger partial charge is 0.326 e. The van der Waals surface area contributed by atoms with Gasteiger partial charge in [0, 0.05) is 12.6 Å². The van der Waals surface area contributed by atoms with Gasteiger partial charge in [-0.05, 0) is 18.9 Å². The van der Waals surface area contributed by atoms with Gasteiger partial charge in [-0.3, -0.25) is 14.9 Å². The number of nitrogens with zero attached hydrogens (tertiary/aromatic N) is 2. The number of likely N-dealkylation sites (tertiary alicyclic amines) is 1. The number of carbonyl (C=O) groups excluding carboxylic acids is 1. The maximum absolute atomic E-state index is 12.3. The Morgan fingerprint density at radius 3 is 2.75 bits per heavy atom. The number of carboxylic acids is 1. The Bertz CT molecular complexity index is 589. The van der Waals surface area contributed by atoms with Crippen molar-refractivity contribution in [2.45, 2.75) is 18.9 Å². The summed E-state index contributed by atoms with van der Waals surface area (Å²) in [6.07, 6.45) is 0.947. The van der Waals surface area contributed by atoms with Crippen LogP contribution in [0.2, 0.25) is 5.02 Å². The first-order valence-electron chi connectivity index (χ1n) is 5.90. The Hall–Kier alpha value is -2.15. The van der Waals surface area contributed by atoms with E-state index in [0.717, 1.165) is 0 Å². The summed E-state index contributed by atoms with van der Waals surface area (Å²) in [6, 6.07) is 2.99. The molecule has 1 aromatic carbocycles. The summed E-state index contributed by atoms with van der Waals surface area (Å²) in [6.45, 7) is 0.300. The van der Waals surface area contributed by atoms with E-state index in [2.05, 4.69) is 0 Å². The minimum Gasteiger partial charge on any atom is -0.480 e. The number of rotatable bonds is 3. The highest BCUT2D eigenvalue weighted by atomic mass is 35.5. The fraction of sp³-hybridized carbons (Fsp3) is 0.333. The number of benzene rings is 1. The molecule has 7 nitrogen and oxygen atoms in total. The molecule has 106 valence electrons. The molecule has 1 aliphatic heterocycles. The number of halogens is 1. The zero-order valence-corrected chi connectivity index (χ0v) is 11.0. The number of carboxylic acid groups (broad SMARTS) is 1. The van der Waals surface area contributed by atoms with E-state index in [0.29, 0.717) is 19.4 Å². The van der Waals surface area contributed by atoms with Crippen LogP contribution in [-0.4, -0.2) is 39.4 Å². The van der Waals surface area contributed by atoms with Crippen LogP contribution >= 0.6 is 11.6 Å². The van der Waals surface area contributed by atoms with Crippen molar-refractivity contribution in [3.63, 3.8) is 0 Å². The summed E-state index contributed by atoms with van der Waals surface area (Å²) in [5.74, 6) is -1.68. The number of nitro groups is 1. The lowest BCUT2D eigenvalue weighted by Gasteiger charge is -2.21. The average molecular weight is 299 g/mol. The quantitative estimate of drug-likeness (QED) is 0.679. The minimum absolute atomic E-state index is 0.0472. The van der Waals surface area contributed by atoms with Crippen LogP contribution in [0, 0.1) is 10.1 Å². The van der Waals surface area contributed by atoms with Gasteiger partial charge in [0.1, 0.15) is 11.1 Å². The molecule has 0 spiro atoms.